The average Bonchev–Trinajstić information content (AvgIpc) is 2.64. The van der Waals surface area contributed by atoms with E-state index >= 15 is 0 Å². The van der Waals surface area contributed by atoms with Crippen molar-refractivity contribution in [2.75, 3.05) is 5.32 Å². The molecule has 0 aliphatic heterocycles. The van der Waals surface area contributed by atoms with Gasteiger partial charge in [-0.25, -0.2) is 0 Å². The summed E-state index contributed by atoms with van der Waals surface area (Å²) in [6, 6.07) is 24.0. The number of rotatable bonds is 4. The molecule has 1 amide bonds. The maximum atomic E-state index is 12.7. The first kappa shape index (κ1) is 17.0. The van der Waals surface area contributed by atoms with Gasteiger partial charge in [-0.1, -0.05) is 74.5 Å². The van der Waals surface area contributed by atoms with E-state index in [4.69, 9.17) is 0 Å². The number of aryl methyl sites for hydroxylation is 1. The summed E-state index contributed by atoms with van der Waals surface area (Å²) in [5, 5.41) is 3.10. The van der Waals surface area contributed by atoms with Crippen molar-refractivity contribution in [3.8, 4) is 11.1 Å². The van der Waals surface area contributed by atoms with Gasteiger partial charge in [0.15, 0.2) is 0 Å². The molecule has 0 bridgehead atoms. The van der Waals surface area contributed by atoms with Gasteiger partial charge in [0.05, 0.1) is 0 Å². The summed E-state index contributed by atoms with van der Waals surface area (Å²) in [6.45, 7) is 6.30. The number of hydrogen-bond acceptors (Lipinski definition) is 1. The Labute approximate surface area is 149 Å². The van der Waals surface area contributed by atoms with Crippen LogP contribution in [0.2, 0.25) is 0 Å². The van der Waals surface area contributed by atoms with Crippen LogP contribution in [0.15, 0.2) is 72.8 Å². The van der Waals surface area contributed by atoms with E-state index in [1.807, 2.05) is 61.5 Å². The second-order valence-electron chi connectivity index (χ2n) is 6.59. The van der Waals surface area contributed by atoms with Crippen LogP contribution < -0.4 is 5.32 Å². The van der Waals surface area contributed by atoms with E-state index in [0.717, 1.165) is 27.9 Å². The first-order valence-corrected chi connectivity index (χ1v) is 8.62. The zero-order valence-electron chi connectivity index (χ0n) is 14.9. The zero-order chi connectivity index (χ0) is 17.8. The van der Waals surface area contributed by atoms with Gasteiger partial charge < -0.3 is 5.32 Å². The van der Waals surface area contributed by atoms with Crippen molar-refractivity contribution in [3.05, 3.63) is 89.5 Å². The predicted octanol–water partition coefficient (Wildman–Crippen LogP) is 6.04. The Bertz CT molecular complexity index is 864. The van der Waals surface area contributed by atoms with E-state index in [2.05, 4.69) is 37.4 Å². The number of anilines is 1. The molecule has 25 heavy (non-hydrogen) atoms. The number of benzene rings is 3. The molecular weight excluding hydrogens is 306 g/mol. The zero-order valence-corrected chi connectivity index (χ0v) is 14.9. The van der Waals surface area contributed by atoms with Crippen molar-refractivity contribution in [2.45, 2.75) is 26.7 Å². The lowest BCUT2D eigenvalue weighted by molar-refractivity contribution is 0.102. The van der Waals surface area contributed by atoms with E-state index in [0.29, 0.717) is 11.5 Å². The van der Waals surface area contributed by atoms with E-state index in [1.54, 1.807) is 0 Å². The molecule has 0 aromatic heterocycles. The topological polar surface area (TPSA) is 29.1 Å². The Hall–Kier alpha value is -2.87. The number of amides is 1. The molecule has 1 N–H and O–H groups in total. The molecule has 3 aromatic rings. The van der Waals surface area contributed by atoms with Gasteiger partial charge in [0.25, 0.3) is 5.91 Å². The van der Waals surface area contributed by atoms with Gasteiger partial charge in [-0.05, 0) is 47.2 Å². The maximum Gasteiger partial charge on any atom is 0.255 e. The third kappa shape index (κ3) is 3.80. The number of nitrogens with one attached hydrogen (secondary N) is 1. The fraction of sp³-hybridized carbons (Fsp3) is 0.174. The third-order valence-electron chi connectivity index (χ3n) is 4.42. The van der Waals surface area contributed by atoms with Crippen molar-refractivity contribution in [2.24, 2.45) is 0 Å². The summed E-state index contributed by atoms with van der Waals surface area (Å²) in [5.74, 6) is 0.284. The minimum atomic E-state index is -0.0733. The van der Waals surface area contributed by atoms with Crippen LogP contribution in [0, 0.1) is 6.92 Å². The van der Waals surface area contributed by atoms with Crippen LogP contribution in [0.5, 0.6) is 0 Å². The highest BCUT2D eigenvalue weighted by molar-refractivity contribution is 6.05. The van der Waals surface area contributed by atoms with Crippen molar-refractivity contribution >= 4 is 11.6 Å². The number of carbonyl (C=O) groups is 1. The largest absolute Gasteiger partial charge is 0.321 e. The Morgan fingerprint density at radius 2 is 1.44 bits per heavy atom. The van der Waals surface area contributed by atoms with E-state index in [-0.39, 0.29) is 5.91 Å². The highest BCUT2D eigenvalue weighted by Gasteiger charge is 2.13. The molecule has 0 spiro atoms. The maximum absolute atomic E-state index is 12.7. The monoisotopic (exact) mass is 329 g/mol. The van der Waals surface area contributed by atoms with Gasteiger partial charge in [-0.2, -0.15) is 0 Å². The van der Waals surface area contributed by atoms with Crippen molar-refractivity contribution in [3.63, 3.8) is 0 Å². The summed E-state index contributed by atoms with van der Waals surface area (Å²) in [5.41, 5.74) is 6.09. The fourth-order valence-corrected chi connectivity index (χ4v) is 2.97. The number of hydrogen-bond donors (Lipinski definition) is 1. The Morgan fingerprint density at radius 3 is 2.08 bits per heavy atom. The lowest BCUT2D eigenvalue weighted by Gasteiger charge is -2.16. The summed E-state index contributed by atoms with van der Waals surface area (Å²) >= 11 is 0. The number of carbonyl (C=O) groups excluding carboxylic acids is 1. The average molecular weight is 329 g/mol. The van der Waals surface area contributed by atoms with Crippen LogP contribution in [0.4, 0.5) is 5.69 Å². The number of para-hydroxylation sites is 1. The first-order chi connectivity index (χ1) is 12.1. The molecule has 0 saturated carbocycles. The summed E-state index contributed by atoms with van der Waals surface area (Å²) in [7, 11) is 0. The molecule has 3 aromatic carbocycles. The Balaban J connectivity index is 1.83. The van der Waals surface area contributed by atoms with Crippen molar-refractivity contribution < 1.29 is 4.79 Å². The molecule has 0 unspecified atom stereocenters. The quantitative estimate of drug-likeness (QED) is 0.621. The summed E-state index contributed by atoms with van der Waals surface area (Å²) in [4.78, 5) is 12.7. The Morgan fingerprint density at radius 1 is 0.800 bits per heavy atom. The highest BCUT2D eigenvalue weighted by atomic mass is 16.1. The molecule has 126 valence electrons. The molecule has 0 aliphatic carbocycles. The van der Waals surface area contributed by atoms with Crippen LogP contribution in [-0.4, -0.2) is 5.91 Å². The molecule has 0 radical (unpaired) electrons. The molecule has 0 heterocycles. The standard InChI is InChI=1S/C23H23NO/c1-16(2)21-11-7-8-17(3)22(21)24-23(25)20-14-12-19(13-15-20)18-9-5-4-6-10-18/h4-16H,1-3H3,(H,24,25). The molecule has 3 rings (SSSR count). The second kappa shape index (κ2) is 7.35. The van der Waals surface area contributed by atoms with E-state index < -0.39 is 0 Å². The van der Waals surface area contributed by atoms with Gasteiger partial charge in [0.1, 0.15) is 0 Å². The lowest BCUT2D eigenvalue weighted by Crippen LogP contribution is -2.14. The smallest absolute Gasteiger partial charge is 0.255 e. The van der Waals surface area contributed by atoms with Gasteiger partial charge in [0.2, 0.25) is 0 Å². The SMILES string of the molecule is Cc1cccc(C(C)C)c1NC(=O)c1ccc(-c2ccccc2)cc1. The molecule has 2 heteroatoms. The minimum Gasteiger partial charge on any atom is -0.321 e. The predicted molar refractivity (Wildman–Crippen MR) is 105 cm³/mol. The molecule has 0 atom stereocenters. The van der Waals surface area contributed by atoms with Crippen molar-refractivity contribution in [1.82, 2.24) is 0 Å². The van der Waals surface area contributed by atoms with Crippen LogP contribution in [0.1, 0.15) is 41.3 Å². The van der Waals surface area contributed by atoms with Crippen LogP contribution in [-0.2, 0) is 0 Å². The summed E-state index contributed by atoms with van der Waals surface area (Å²) in [6.07, 6.45) is 0. The lowest BCUT2D eigenvalue weighted by atomic mass is 9.98. The van der Waals surface area contributed by atoms with Gasteiger partial charge >= 0.3 is 0 Å². The molecular formula is C23H23NO. The fourth-order valence-electron chi connectivity index (χ4n) is 2.97. The molecule has 0 fully saturated rings. The highest BCUT2D eigenvalue weighted by Crippen LogP contribution is 2.28. The van der Waals surface area contributed by atoms with Crippen molar-refractivity contribution in [1.29, 1.82) is 0 Å². The van der Waals surface area contributed by atoms with E-state index in [9.17, 15) is 4.79 Å². The second-order valence-corrected chi connectivity index (χ2v) is 6.59. The normalized spacial score (nSPS) is 10.7. The first-order valence-electron chi connectivity index (χ1n) is 8.62. The Kier molecular flexibility index (Phi) is 4.99. The van der Waals surface area contributed by atoms with Crippen LogP contribution >= 0.6 is 0 Å². The van der Waals surface area contributed by atoms with Gasteiger partial charge in [-0.3, -0.25) is 4.79 Å². The van der Waals surface area contributed by atoms with Gasteiger partial charge in [0, 0.05) is 11.3 Å². The van der Waals surface area contributed by atoms with E-state index in [1.165, 1.54) is 0 Å². The molecule has 2 nitrogen and oxygen atoms in total. The third-order valence-corrected chi connectivity index (χ3v) is 4.42. The van der Waals surface area contributed by atoms with Crippen LogP contribution in [0.3, 0.4) is 0 Å². The minimum absolute atomic E-state index is 0.0733. The summed E-state index contributed by atoms with van der Waals surface area (Å²) < 4.78 is 0. The van der Waals surface area contributed by atoms with Gasteiger partial charge in [-0.15, -0.1) is 0 Å². The van der Waals surface area contributed by atoms with Crippen LogP contribution in [0.25, 0.3) is 11.1 Å². The molecule has 0 saturated heterocycles. The molecule has 0 aliphatic rings.